The van der Waals surface area contributed by atoms with Gasteiger partial charge in [0.1, 0.15) is 0 Å². The third-order valence-electron chi connectivity index (χ3n) is 1.62. The molecule has 0 atom stereocenters. The van der Waals surface area contributed by atoms with E-state index in [9.17, 15) is 4.79 Å². The van der Waals surface area contributed by atoms with Gasteiger partial charge in [-0.3, -0.25) is 0 Å². The van der Waals surface area contributed by atoms with Crippen LogP contribution in [0.4, 0.5) is 5.82 Å². The lowest BCUT2D eigenvalue weighted by Crippen LogP contribution is -2.11. The van der Waals surface area contributed by atoms with E-state index < -0.39 is 5.97 Å². The fourth-order valence-electron chi connectivity index (χ4n) is 0.932. The molecule has 0 amide bonds. The Bertz CT molecular complexity index is 429. The number of anilines is 1. The first-order valence-corrected chi connectivity index (χ1v) is 5.90. The third-order valence-corrected chi connectivity index (χ3v) is 2.25. The number of esters is 1. The maximum Gasteiger partial charge on any atom is 0.360 e. The van der Waals surface area contributed by atoms with Crippen LogP contribution in [0.25, 0.3) is 0 Å². The smallest absolute Gasteiger partial charge is 0.360 e. The van der Waals surface area contributed by atoms with Crippen molar-refractivity contribution in [2.45, 2.75) is 6.92 Å². The molecule has 0 spiro atoms. The Hall–Kier alpha value is -1.95. The fraction of sp³-hybridized carbons (Fsp3) is 0.182. The van der Waals surface area contributed by atoms with Crippen LogP contribution in [0.2, 0.25) is 0 Å². The molecule has 0 saturated heterocycles. The second kappa shape index (κ2) is 7.34. The number of carbonyl (C=O) groups is 1. The van der Waals surface area contributed by atoms with E-state index in [-0.39, 0.29) is 11.5 Å². The van der Waals surface area contributed by atoms with Gasteiger partial charge in [-0.25, -0.2) is 14.8 Å². The molecule has 0 unspecified atom stereocenters. The zero-order chi connectivity index (χ0) is 12.5. The SMILES string of the molecule is CCOC(=O)c1nccnc1N.c1ccsc1. The average Bonchev–Trinajstić information content (AvgIpc) is 2.88. The van der Waals surface area contributed by atoms with E-state index in [0.717, 1.165) is 0 Å². The Labute approximate surface area is 103 Å². The molecule has 0 fully saturated rings. The van der Waals surface area contributed by atoms with Gasteiger partial charge in [0.2, 0.25) is 0 Å². The van der Waals surface area contributed by atoms with Crippen LogP contribution in [0.3, 0.4) is 0 Å². The summed E-state index contributed by atoms with van der Waals surface area (Å²) in [6.45, 7) is 2.01. The van der Waals surface area contributed by atoms with Crippen molar-refractivity contribution in [1.82, 2.24) is 9.97 Å². The molecule has 0 saturated carbocycles. The predicted octanol–water partition coefficient (Wildman–Crippen LogP) is 1.98. The van der Waals surface area contributed by atoms with Crippen LogP contribution in [-0.4, -0.2) is 22.5 Å². The van der Waals surface area contributed by atoms with Crippen LogP contribution in [0.5, 0.6) is 0 Å². The van der Waals surface area contributed by atoms with Gasteiger partial charge in [0.05, 0.1) is 6.61 Å². The first-order valence-electron chi connectivity index (χ1n) is 4.96. The van der Waals surface area contributed by atoms with Gasteiger partial charge in [-0.1, -0.05) is 12.1 Å². The molecule has 6 heteroatoms. The molecule has 90 valence electrons. The standard InChI is InChI=1S/C7H9N3O2.C4H4S/c1-2-12-7(11)5-6(8)10-4-3-9-5;1-2-4-5-3-1/h3-4H,2H2,1H3,(H2,8,10);1-4H. The van der Waals surface area contributed by atoms with Gasteiger partial charge in [0.15, 0.2) is 11.5 Å². The Morgan fingerprint density at radius 1 is 1.35 bits per heavy atom. The van der Waals surface area contributed by atoms with Crippen LogP contribution < -0.4 is 5.73 Å². The number of nitrogens with two attached hydrogens (primary N) is 1. The number of thiophene rings is 1. The largest absolute Gasteiger partial charge is 0.461 e. The van der Waals surface area contributed by atoms with Crippen LogP contribution >= 0.6 is 11.3 Å². The number of nitrogens with zero attached hydrogens (tertiary/aromatic N) is 2. The van der Waals surface area contributed by atoms with Crippen molar-refractivity contribution in [2.24, 2.45) is 0 Å². The lowest BCUT2D eigenvalue weighted by Gasteiger charge is -2.01. The van der Waals surface area contributed by atoms with Crippen molar-refractivity contribution >= 4 is 23.1 Å². The number of hydrogen-bond donors (Lipinski definition) is 1. The van der Waals surface area contributed by atoms with Crippen molar-refractivity contribution < 1.29 is 9.53 Å². The molecule has 0 aliphatic rings. The highest BCUT2D eigenvalue weighted by atomic mass is 32.1. The summed E-state index contributed by atoms with van der Waals surface area (Å²) in [6, 6.07) is 4.04. The van der Waals surface area contributed by atoms with E-state index in [1.54, 1.807) is 18.3 Å². The fourth-order valence-corrected chi connectivity index (χ4v) is 1.39. The minimum Gasteiger partial charge on any atom is -0.461 e. The second-order valence-electron chi connectivity index (χ2n) is 2.80. The molecular weight excluding hydrogens is 238 g/mol. The molecule has 2 aromatic heterocycles. The molecule has 0 radical (unpaired) electrons. The molecule has 2 heterocycles. The predicted molar refractivity (Wildman–Crippen MR) is 66.7 cm³/mol. The number of carbonyl (C=O) groups excluding carboxylic acids is 1. The molecule has 0 aliphatic heterocycles. The molecule has 0 aliphatic carbocycles. The number of rotatable bonds is 2. The number of ether oxygens (including phenoxy) is 1. The summed E-state index contributed by atoms with van der Waals surface area (Å²) in [6.07, 6.45) is 2.81. The molecule has 2 aromatic rings. The minimum absolute atomic E-state index is 0.0688. The molecule has 0 aromatic carbocycles. The first kappa shape index (κ1) is 13.1. The number of hydrogen-bond acceptors (Lipinski definition) is 6. The van der Waals surface area contributed by atoms with Crippen molar-refractivity contribution in [3.63, 3.8) is 0 Å². The van der Waals surface area contributed by atoms with E-state index in [4.69, 9.17) is 5.73 Å². The second-order valence-corrected chi connectivity index (χ2v) is 3.62. The summed E-state index contributed by atoms with van der Waals surface area (Å²) in [5.41, 5.74) is 5.45. The average molecular weight is 251 g/mol. The highest BCUT2D eigenvalue weighted by Crippen LogP contribution is 2.04. The highest BCUT2D eigenvalue weighted by Gasteiger charge is 2.11. The van der Waals surface area contributed by atoms with Gasteiger partial charge >= 0.3 is 5.97 Å². The van der Waals surface area contributed by atoms with E-state index in [0.29, 0.717) is 6.61 Å². The van der Waals surface area contributed by atoms with Crippen molar-refractivity contribution in [2.75, 3.05) is 12.3 Å². The molecule has 2 rings (SSSR count). The van der Waals surface area contributed by atoms with Gasteiger partial charge in [-0.05, 0) is 17.7 Å². The van der Waals surface area contributed by atoms with Gasteiger partial charge in [0, 0.05) is 12.4 Å². The zero-order valence-electron chi connectivity index (χ0n) is 9.37. The molecule has 5 nitrogen and oxygen atoms in total. The lowest BCUT2D eigenvalue weighted by atomic mass is 10.4. The topological polar surface area (TPSA) is 78.1 Å². The van der Waals surface area contributed by atoms with Crippen LogP contribution in [-0.2, 0) is 4.74 Å². The Kier molecular flexibility index (Phi) is 5.67. The van der Waals surface area contributed by atoms with E-state index >= 15 is 0 Å². The molecule has 2 N–H and O–H groups in total. The van der Waals surface area contributed by atoms with Crippen molar-refractivity contribution in [3.05, 3.63) is 41.0 Å². The van der Waals surface area contributed by atoms with Crippen molar-refractivity contribution in [1.29, 1.82) is 0 Å². The van der Waals surface area contributed by atoms with Gasteiger partial charge in [-0.2, -0.15) is 11.3 Å². The zero-order valence-corrected chi connectivity index (χ0v) is 10.2. The maximum atomic E-state index is 11.1. The lowest BCUT2D eigenvalue weighted by molar-refractivity contribution is 0.0520. The number of nitrogen functional groups attached to an aromatic ring is 1. The molecular formula is C11H13N3O2S. The highest BCUT2D eigenvalue weighted by molar-refractivity contribution is 7.07. The van der Waals surface area contributed by atoms with Crippen LogP contribution in [0, 0.1) is 0 Å². The van der Waals surface area contributed by atoms with Crippen LogP contribution in [0.1, 0.15) is 17.4 Å². The third kappa shape index (κ3) is 4.60. The Balaban J connectivity index is 0.000000239. The summed E-state index contributed by atoms with van der Waals surface area (Å²) >= 11 is 1.71. The molecule has 17 heavy (non-hydrogen) atoms. The van der Waals surface area contributed by atoms with E-state index in [1.807, 2.05) is 22.9 Å². The Morgan fingerprint density at radius 2 is 2.00 bits per heavy atom. The minimum atomic E-state index is -0.539. The van der Waals surface area contributed by atoms with Crippen LogP contribution in [0.15, 0.2) is 35.3 Å². The van der Waals surface area contributed by atoms with Gasteiger partial charge in [-0.15, -0.1) is 0 Å². The van der Waals surface area contributed by atoms with E-state index in [1.165, 1.54) is 12.4 Å². The van der Waals surface area contributed by atoms with Gasteiger partial charge in [0.25, 0.3) is 0 Å². The monoisotopic (exact) mass is 251 g/mol. The van der Waals surface area contributed by atoms with Gasteiger partial charge < -0.3 is 10.5 Å². The summed E-state index contributed by atoms with van der Waals surface area (Å²) < 4.78 is 4.69. The normalized spacial score (nSPS) is 9.00. The molecule has 0 bridgehead atoms. The first-order chi connectivity index (χ1) is 8.25. The Morgan fingerprint density at radius 3 is 2.47 bits per heavy atom. The summed E-state index contributed by atoms with van der Waals surface area (Å²) in [7, 11) is 0. The summed E-state index contributed by atoms with van der Waals surface area (Å²) in [4.78, 5) is 18.5. The summed E-state index contributed by atoms with van der Waals surface area (Å²) in [5.74, 6) is -0.445. The summed E-state index contributed by atoms with van der Waals surface area (Å²) in [5, 5.41) is 4.08. The van der Waals surface area contributed by atoms with E-state index in [2.05, 4.69) is 14.7 Å². The maximum absolute atomic E-state index is 11.1. The number of aromatic nitrogens is 2. The quantitative estimate of drug-likeness (QED) is 0.826. The van der Waals surface area contributed by atoms with Crippen molar-refractivity contribution in [3.8, 4) is 0 Å².